The van der Waals surface area contributed by atoms with Crippen molar-refractivity contribution in [1.82, 2.24) is 10.8 Å². The van der Waals surface area contributed by atoms with E-state index in [1.54, 1.807) is 68.7 Å². The van der Waals surface area contributed by atoms with Crippen LogP contribution in [0.4, 0.5) is 10.5 Å². The number of carbonyl (C=O) groups excluding carboxylic acids is 2. The van der Waals surface area contributed by atoms with Gasteiger partial charge in [-0.25, -0.2) is 18.7 Å². The first-order chi connectivity index (χ1) is 16.5. The molecule has 11 heteroatoms. The van der Waals surface area contributed by atoms with Gasteiger partial charge in [0.2, 0.25) is 5.91 Å². The molecule has 0 saturated carbocycles. The molecule has 1 aliphatic rings. The summed E-state index contributed by atoms with van der Waals surface area (Å²) in [5.41, 5.74) is 1.80. The largest absolute Gasteiger partial charge is 0.481 e. The molecule has 0 spiro atoms. The lowest BCUT2D eigenvalue weighted by Gasteiger charge is -2.25. The highest BCUT2D eigenvalue weighted by atomic mass is 32.2. The number of anilines is 1. The Kier molecular flexibility index (Phi) is 7.89. The van der Waals surface area contributed by atoms with E-state index in [2.05, 4.69) is 17.2 Å². The zero-order valence-electron chi connectivity index (χ0n) is 19.6. The fraction of sp³-hybridized carbons (Fsp3) is 0.333. The average molecular weight is 502 g/mol. The summed E-state index contributed by atoms with van der Waals surface area (Å²) in [6.07, 6.45) is -0.810. The molecule has 2 aromatic rings. The van der Waals surface area contributed by atoms with E-state index in [-0.39, 0.29) is 24.5 Å². The fourth-order valence-electron chi connectivity index (χ4n) is 3.48. The maximum absolute atomic E-state index is 13.2. The lowest BCUT2D eigenvalue weighted by molar-refractivity contribution is -0.129. The second-order valence-corrected chi connectivity index (χ2v) is 10.4. The molecule has 0 bridgehead atoms. The van der Waals surface area contributed by atoms with Crippen LogP contribution >= 0.6 is 0 Å². The van der Waals surface area contributed by atoms with Crippen molar-refractivity contribution in [2.75, 3.05) is 17.5 Å². The van der Waals surface area contributed by atoms with E-state index in [0.29, 0.717) is 17.0 Å². The van der Waals surface area contributed by atoms with E-state index in [4.69, 9.17) is 14.7 Å². The summed E-state index contributed by atoms with van der Waals surface area (Å²) < 4.78 is 38.2. The minimum atomic E-state index is -3.90. The van der Waals surface area contributed by atoms with Gasteiger partial charge in [-0.05, 0) is 56.7 Å². The third-order valence-corrected chi connectivity index (χ3v) is 6.76. The number of hydroxylamine groups is 1. The molecule has 1 heterocycles. The van der Waals surface area contributed by atoms with Gasteiger partial charge in [0.1, 0.15) is 18.0 Å². The van der Waals surface area contributed by atoms with Gasteiger partial charge in [0, 0.05) is 0 Å². The second kappa shape index (κ2) is 10.7. The summed E-state index contributed by atoms with van der Waals surface area (Å²) in [5.74, 6) is 5.27. The Labute approximate surface area is 204 Å². The molecule has 2 aromatic carbocycles. The normalized spacial score (nSPS) is 15.9. The van der Waals surface area contributed by atoms with Crippen LogP contribution in [-0.2, 0) is 19.6 Å². The van der Waals surface area contributed by atoms with Crippen molar-refractivity contribution in [2.24, 2.45) is 0 Å². The van der Waals surface area contributed by atoms with Gasteiger partial charge < -0.3 is 14.8 Å². The highest BCUT2D eigenvalue weighted by Gasteiger charge is 2.43. The second-order valence-electron chi connectivity index (χ2n) is 8.59. The van der Waals surface area contributed by atoms with Crippen molar-refractivity contribution >= 4 is 27.7 Å². The third kappa shape index (κ3) is 6.44. The van der Waals surface area contributed by atoms with Gasteiger partial charge in [-0.15, -0.1) is 0 Å². The van der Waals surface area contributed by atoms with Crippen LogP contribution in [0.15, 0.2) is 53.4 Å². The summed E-state index contributed by atoms with van der Waals surface area (Å²) in [6, 6.07) is 12.0. The molecule has 3 rings (SSSR count). The molecule has 0 saturated heterocycles. The van der Waals surface area contributed by atoms with E-state index >= 15 is 0 Å². The first kappa shape index (κ1) is 25.9. The molecule has 3 N–H and O–H groups in total. The van der Waals surface area contributed by atoms with E-state index in [1.165, 1.54) is 10.4 Å². The minimum absolute atomic E-state index is 0.0576. The Morgan fingerprint density at radius 3 is 2.43 bits per heavy atom. The predicted molar refractivity (Wildman–Crippen MR) is 127 cm³/mol. The van der Waals surface area contributed by atoms with Crippen LogP contribution < -0.4 is 19.8 Å². The maximum atomic E-state index is 13.2. The van der Waals surface area contributed by atoms with E-state index in [9.17, 15) is 18.0 Å². The lowest BCUT2D eigenvalue weighted by atomic mass is 10.0. The Morgan fingerprint density at radius 1 is 1.09 bits per heavy atom. The number of carbonyl (C=O) groups is 2. The number of benzene rings is 2. The lowest BCUT2D eigenvalue weighted by Crippen LogP contribution is -2.32. The third-order valence-electron chi connectivity index (χ3n) is 4.85. The van der Waals surface area contributed by atoms with Gasteiger partial charge in [-0.1, -0.05) is 30.0 Å². The number of sulfonamides is 1. The van der Waals surface area contributed by atoms with Crippen LogP contribution in [0.5, 0.6) is 5.75 Å². The summed E-state index contributed by atoms with van der Waals surface area (Å²) in [5, 5.41) is 11.5. The molecule has 0 radical (unpaired) electrons. The standard InChI is InChI=1S/C24H27N3O7S/c1-24(2,3)34-23(29)25-14-6-7-15-33-18-12-10-17(11-13-18)27-20(16-22(28)26-30)19-8-4-5-9-21(19)35(27,31)32/h4-5,8-13,20,30H,14-16H2,1-3H3,(H,25,29)(H,26,28). The number of amides is 2. The molecular weight excluding hydrogens is 474 g/mol. The molecule has 2 amide bonds. The van der Waals surface area contributed by atoms with Crippen molar-refractivity contribution in [2.45, 2.75) is 43.7 Å². The van der Waals surface area contributed by atoms with Gasteiger partial charge in [0.15, 0.2) is 0 Å². The van der Waals surface area contributed by atoms with E-state index < -0.39 is 33.7 Å². The quantitative estimate of drug-likeness (QED) is 0.315. The van der Waals surface area contributed by atoms with Gasteiger partial charge >= 0.3 is 6.09 Å². The average Bonchev–Trinajstić information content (AvgIpc) is 3.02. The summed E-state index contributed by atoms with van der Waals surface area (Å²) in [4.78, 5) is 23.5. The molecule has 35 heavy (non-hydrogen) atoms. The first-order valence-corrected chi connectivity index (χ1v) is 12.2. The van der Waals surface area contributed by atoms with Crippen LogP contribution in [0, 0.1) is 11.8 Å². The predicted octanol–water partition coefficient (Wildman–Crippen LogP) is 2.74. The van der Waals surface area contributed by atoms with E-state index in [0.717, 1.165) is 0 Å². The molecule has 186 valence electrons. The van der Waals surface area contributed by atoms with Gasteiger partial charge in [0.05, 0.1) is 29.6 Å². The van der Waals surface area contributed by atoms with Crippen LogP contribution in [0.3, 0.4) is 0 Å². The highest BCUT2D eigenvalue weighted by Crippen LogP contribution is 2.44. The molecule has 0 aromatic heterocycles. The van der Waals surface area contributed by atoms with Gasteiger partial charge in [-0.3, -0.25) is 14.3 Å². The number of ether oxygens (including phenoxy) is 2. The minimum Gasteiger partial charge on any atom is -0.481 e. The van der Waals surface area contributed by atoms with Crippen molar-refractivity contribution in [1.29, 1.82) is 0 Å². The molecule has 1 atom stereocenters. The van der Waals surface area contributed by atoms with Crippen molar-refractivity contribution in [3.05, 3.63) is 54.1 Å². The molecular formula is C24H27N3O7S. The monoisotopic (exact) mass is 501 g/mol. The van der Waals surface area contributed by atoms with Crippen LogP contribution in [0.2, 0.25) is 0 Å². The fourth-order valence-corrected chi connectivity index (χ4v) is 5.36. The highest BCUT2D eigenvalue weighted by molar-refractivity contribution is 7.93. The van der Waals surface area contributed by atoms with Gasteiger partial charge in [-0.2, -0.15) is 0 Å². The van der Waals surface area contributed by atoms with Crippen LogP contribution in [0.25, 0.3) is 0 Å². The molecule has 1 aliphatic heterocycles. The molecule has 10 nitrogen and oxygen atoms in total. The SMILES string of the molecule is CC(C)(C)OC(=O)NCC#CCOc1ccc(N2C(CC(=O)NO)c3ccccc3S2(=O)=O)cc1. The smallest absolute Gasteiger partial charge is 0.408 e. The number of nitrogens with zero attached hydrogens (tertiary/aromatic N) is 1. The summed E-state index contributed by atoms with van der Waals surface area (Å²) >= 11 is 0. The number of hydrogen-bond acceptors (Lipinski definition) is 7. The van der Waals surface area contributed by atoms with E-state index in [1.807, 2.05) is 0 Å². The number of rotatable bonds is 6. The van der Waals surface area contributed by atoms with Crippen LogP contribution in [0.1, 0.15) is 38.8 Å². The number of alkyl carbamates (subject to hydrolysis) is 1. The Hall–Kier alpha value is -3.75. The zero-order chi connectivity index (χ0) is 25.6. The number of fused-ring (bicyclic) bond motifs is 1. The topological polar surface area (TPSA) is 134 Å². The Morgan fingerprint density at radius 2 is 1.77 bits per heavy atom. The summed E-state index contributed by atoms with van der Waals surface area (Å²) in [6.45, 7) is 5.46. The van der Waals surface area contributed by atoms with Gasteiger partial charge in [0.25, 0.3) is 10.0 Å². The maximum Gasteiger partial charge on any atom is 0.408 e. The van der Waals surface area contributed by atoms with Crippen molar-refractivity contribution < 1.29 is 32.7 Å². The molecule has 0 fully saturated rings. The summed E-state index contributed by atoms with van der Waals surface area (Å²) in [7, 11) is -3.90. The van der Waals surface area contributed by atoms with Crippen molar-refractivity contribution in [3.8, 4) is 17.6 Å². The van der Waals surface area contributed by atoms with Crippen molar-refractivity contribution in [3.63, 3.8) is 0 Å². The van der Waals surface area contributed by atoms with Crippen LogP contribution in [-0.4, -0.2) is 44.4 Å². The number of nitrogens with one attached hydrogen (secondary N) is 2. The molecule has 0 aliphatic carbocycles. The first-order valence-electron chi connectivity index (χ1n) is 10.7. The Bertz CT molecular complexity index is 1240. The zero-order valence-corrected chi connectivity index (χ0v) is 20.4. The Balaban J connectivity index is 1.65. The number of hydrogen-bond donors (Lipinski definition) is 3. The molecule has 1 unspecified atom stereocenters.